The molecule has 0 fully saturated rings. The third kappa shape index (κ3) is 3.47. The predicted octanol–water partition coefficient (Wildman–Crippen LogP) is 3.21. The zero-order valence-electron chi connectivity index (χ0n) is 14.7. The molecule has 0 unspecified atom stereocenters. The van der Waals surface area contributed by atoms with E-state index < -0.39 is 10.0 Å². The molecule has 0 aliphatic heterocycles. The number of rotatable bonds is 5. The lowest BCUT2D eigenvalue weighted by Crippen LogP contribution is -2.24. The monoisotopic (exact) mass is 378 g/mol. The molecule has 0 atom stereocenters. The zero-order valence-corrected chi connectivity index (χ0v) is 15.5. The van der Waals surface area contributed by atoms with Crippen LogP contribution < -0.4 is 4.72 Å². The summed E-state index contributed by atoms with van der Waals surface area (Å²) >= 11 is 0. The van der Waals surface area contributed by atoms with Gasteiger partial charge in [0, 0.05) is 17.8 Å². The molecular formula is C20H18N4O2S. The fourth-order valence-corrected chi connectivity index (χ4v) is 4.14. The smallest absolute Gasteiger partial charge is 0.241 e. The second-order valence-corrected chi connectivity index (χ2v) is 7.93. The maximum absolute atomic E-state index is 12.8. The van der Waals surface area contributed by atoms with Crippen LogP contribution in [-0.4, -0.2) is 23.2 Å². The average molecular weight is 378 g/mol. The highest BCUT2D eigenvalue weighted by Gasteiger charge is 2.18. The van der Waals surface area contributed by atoms with Crippen LogP contribution >= 0.6 is 0 Å². The molecule has 2 heterocycles. The number of sulfonamides is 1. The fourth-order valence-electron chi connectivity index (χ4n) is 2.95. The van der Waals surface area contributed by atoms with Crippen molar-refractivity contribution in [3.63, 3.8) is 0 Å². The van der Waals surface area contributed by atoms with Crippen molar-refractivity contribution >= 4 is 20.9 Å². The van der Waals surface area contributed by atoms with Crippen LogP contribution in [0.1, 0.15) is 11.3 Å². The molecule has 0 spiro atoms. The molecule has 0 aliphatic carbocycles. The van der Waals surface area contributed by atoms with Crippen molar-refractivity contribution in [2.24, 2.45) is 0 Å². The number of fused-ring (bicyclic) bond motifs is 1. The van der Waals surface area contributed by atoms with Gasteiger partial charge in [0.1, 0.15) is 0 Å². The molecule has 0 saturated heterocycles. The number of pyridine rings is 1. The Labute approximate surface area is 157 Å². The van der Waals surface area contributed by atoms with Crippen LogP contribution in [0.15, 0.2) is 78.0 Å². The lowest BCUT2D eigenvalue weighted by molar-refractivity contribution is 0.581. The van der Waals surface area contributed by atoms with Crippen LogP contribution in [-0.2, 0) is 16.6 Å². The SMILES string of the molecule is Cc1ccc(S(=O)(=O)NCc2ccn(-c3ccccc3)n2)c2cccnc12. The molecule has 2 aromatic heterocycles. The summed E-state index contributed by atoms with van der Waals surface area (Å²) in [6.07, 6.45) is 3.47. The van der Waals surface area contributed by atoms with Gasteiger partial charge in [0.25, 0.3) is 0 Å². The first-order chi connectivity index (χ1) is 13.0. The molecule has 1 N–H and O–H groups in total. The summed E-state index contributed by atoms with van der Waals surface area (Å²) in [5.74, 6) is 0. The number of nitrogens with one attached hydrogen (secondary N) is 1. The highest BCUT2D eigenvalue weighted by atomic mass is 32.2. The highest BCUT2D eigenvalue weighted by Crippen LogP contribution is 2.24. The van der Waals surface area contributed by atoms with Gasteiger partial charge in [-0.1, -0.05) is 24.3 Å². The largest absolute Gasteiger partial charge is 0.256 e. The third-order valence-corrected chi connectivity index (χ3v) is 5.79. The molecule has 7 heteroatoms. The molecule has 2 aromatic carbocycles. The molecule has 0 radical (unpaired) electrons. The second-order valence-electron chi connectivity index (χ2n) is 6.19. The topological polar surface area (TPSA) is 76.9 Å². The van der Waals surface area contributed by atoms with Gasteiger partial charge in [-0.15, -0.1) is 0 Å². The number of benzene rings is 2. The minimum absolute atomic E-state index is 0.109. The van der Waals surface area contributed by atoms with Crippen LogP contribution in [0.25, 0.3) is 16.6 Å². The van der Waals surface area contributed by atoms with Gasteiger partial charge >= 0.3 is 0 Å². The van der Waals surface area contributed by atoms with Gasteiger partial charge < -0.3 is 0 Å². The zero-order chi connectivity index (χ0) is 18.9. The fraction of sp³-hybridized carbons (Fsp3) is 0.100. The van der Waals surface area contributed by atoms with Gasteiger partial charge in [-0.3, -0.25) is 4.98 Å². The molecule has 0 amide bonds. The summed E-state index contributed by atoms with van der Waals surface area (Å²) < 4.78 is 30.0. The van der Waals surface area contributed by atoms with Crippen LogP contribution in [0, 0.1) is 6.92 Å². The Morgan fingerprint density at radius 1 is 1.00 bits per heavy atom. The first kappa shape index (κ1) is 17.4. The predicted molar refractivity (Wildman–Crippen MR) is 104 cm³/mol. The van der Waals surface area contributed by atoms with Crippen LogP contribution in [0.5, 0.6) is 0 Å². The van der Waals surface area contributed by atoms with Crippen molar-refractivity contribution < 1.29 is 8.42 Å². The molecular weight excluding hydrogens is 360 g/mol. The summed E-state index contributed by atoms with van der Waals surface area (Å²) in [5.41, 5.74) is 3.18. The van der Waals surface area contributed by atoms with E-state index >= 15 is 0 Å². The number of hydrogen-bond acceptors (Lipinski definition) is 4. The van der Waals surface area contributed by atoms with Gasteiger partial charge in [0.2, 0.25) is 10.0 Å². The van der Waals surface area contributed by atoms with Gasteiger partial charge in [0.15, 0.2) is 0 Å². The average Bonchev–Trinajstić information content (AvgIpc) is 3.17. The summed E-state index contributed by atoms with van der Waals surface area (Å²) in [6.45, 7) is 2.02. The maximum Gasteiger partial charge on any atom is 0.241 e. The summed E-state index contributed by atoms with van der Waals surface area (Å²) in [5, 5.41) is 5.04. The summed E-state index contributed by atoms with van der Waals surface area (Å²) in [6, 6.07) is 18.4. The molecule has 0 saturated carbocycles. The van der Waals surface area contributed by atoms with Gasteiger partial charge in [-0.25, -0.2) is 17.8 Å². The Morgan fingerprint density at radius 3 is 2.63 bits per heavy atom. The Balaban J connectivity index is 1.59. The van der Waals surface area contributed by atoms with E-state index in [0.29, 0.717) is 16.6 Å². The van der Waals surface area contributed by atoms with E-state index in [1.54, 1.807) is 41.2 Å². The third-order valence-electron chi connectivity index (χ3n) is 4.33. The molecule has 136 valence electrons. The minimum Gasteiger partial charge on any atom is -0.256 e. The minimum atomic E-state index is -3.70. The van der Waals surface area contributed by atoms with Gasteiger partial charge in [-0.05, 0) is 48.9 Å². The lowest BCUT2D eigenvalue weighted by atomic mass is 10.1. The highest BCUT2D eigenvalue weighted by molar-refractivity contribution is 7.89. The van der Waals surface area contributed by atoms with E-state index in [2.05, 4.69) is 14.8 Å². The van der Waals surface area contributed by atoms with Gasteiger partial charge in [-0.2, -0.15) is 5.10 Å². The van der Waals surface area contributed by atoms with Gasteiger partial charge in [0.05, 0.1) is 28.3 Å². The standard InChI is InChI=1S/C20H18N4O2S/c1-15-9-10-19(18-8-5-12-21-20(15)18)27(25,26)22-14-16-11-13-24(23-16)17-6-3-2-4-7-17/h2-13,22H,14H2,1H3. The van der Waals surface area contributed by atoms with E-state index in [1.807, 2.05) is 43.5 Å². The maximum atomic E-state index is 12.8. The normalized spacial score (nSPS) is 11.7. The second kappa shape index (κ2) is 6.94. The first-order valence-electron chi connectivity index (χ1n) is 8.48. The molecule has 6 nitrogen and oxygen atoms in total. The number of aryl methyl sites for hydroxylation is 1. The van der Waals surface area contributed by atoms with E-state index in [-0.39, 0.29) is 11.4 Å². The van der Waals surface area contributed by atoms with E-state index in [0.717, 1.165) is 11.3 Å². The molecule has 0 bridgehead atoms. The van der Waals surface area contributed by atoms with Crippen molar-refractivity contribution in [3.05, 3.63) is 84.3 Å². The Kier molecular flexibility index (Phi) is 4.47. The van der Waals surface area contributed by atoms with Crippen molar-refractivity contribution in [1.82, 2.24) is 19.5 Å². The Hall–Kier alpha value is -3.03. The van der Waals surface area contributed by atoms with Crippen molar-refractivity contribution in [3.8, 4) is 5.69 Å². The number of aromatic nitrogens is 3. The number of nitrogens with zero attached hydrogens (tertiary/aromatic N) is 3. The van der Waals surface area contributed by atoms with E-state index in [9.17, 15) is 8.42 Å². The first-order valence-corrected chi connectivity index (χ1v) is 9.97. The Bertz CT molecular complexity index is 1200. The number of hydrogen-bond donors (Lipinski definition) is 1. The summed E-state index contributed by atoms with van der Waals surface area (Å²) in [4.78, 5) is 4.52. The molecule has 0 aliphatic rings. The van der Waals surface area contributed by atoms with E-state index in [4.69, 9.17) is 0 Å². The van der Waals surface area contributed by atoms with Crippen molar-refractivity contribution in [2.75, 3.05) is 0 Å². The lowest BCUT2D eigenvalue weighted by Gasteiger charge is -2.10. The molecule has 4 aromatic rings. The van der Waals surface area contributed by atoms with Crippen LogP contribution in [0.3, 0.4) is 0 Å². The molecule has 4 rings (SSSR count). The Morgan fingerprint density at radius 2 is 1.81 bits per heavy atom. The van der Waals surface area contributed by atoms with Crippen molar-refractivity contribution in [1.29, 1.82) is 0 Å². The van der Waals surface area contributed by atoms with Crippen LogP contribution in [0.4, 0.5) is 0 Å². The summed E-state index contributed by atoms with van der Waals surface area (Å²) in [7, 11) is -3.70. The molecule has 27 heavy (non-hydrogen) atoms. The quantitative estimate of drug-likeness (QED) is 0.578. The number of para-hydroxylation sites is 1. The van der Waals surface area contributed by atoms with E-state index in [1.165, 1.54) is 0 Å². The van der Waals surface area contributed by atoms with Crippen molar-refractivity contribution in [2.45, 2.75) is 18.4 Å². The van der Waals surface area contributed by atoms with Crippen LogP contribution in [0.2, 0.25) is 0 Å².